The average molecular weight is 343 g/mol. The summed E-state index contributed by atoms with van der Waals surface area (Å²) in [5.74, 6) is 0.943. The highest BCUT2D eigenvalue weighted by atomic mass is 32.2. The molecule has 4 rings (SSSR count). The molecular formula is C19H18S3. The first-order valence-corrected chi connectivity index (χ1v) is 10.0. The van der Waals surface area contributed by atoms with Crippen LogP contribution in [0.1, 0.15) is 30.9 Å². The van der Waals surface area contributed by atoms with Crippen molar-refractivity contribution in [3.63, 3.8) is 0 Å². The third-order valence-corrected chi connectivity index (χ3v) is 7.14. The number of hydrogen-bond acceptors (Lipinski definition) is 3. The average Bonchev–Trinajstić information content (AvgIpc) is 3.00. The van der Waals surface area contributed by atoms with Crippen molar-refractivity contribution in [3.8, 4) is 0 Å². The Labute approximate surface area is 145 Å². The first kappa shape index (κ1) is 14.7. The van der Waals surface area contributed by atoms with E-state index in [0.29, 0.717) is 11.8 Å². The molecule has 0 spiro atoms. The van der Waals surface area contributed by atoms with Crippen LogP contribution < -0.4 is 0 Å². The predicted octanol–water partition coefficient (Wildman–Crippen LogP) is 6.48. The standard InChI is InChI=1S/C19H18S3/c1-10-8-15-14(9-17(10)21-3)11(2)12-4-5-16-13(6-7-22-16)18(12)19(15)20/h4-9,11,14,20H,1-3H3. The molecule has 0 nitrogen and oxygen atoms in total. The zero-order valence-corrected chi connectivity index (χ0v) is 15.4. The van der Waals surface area contributed by atoms with Crippen molar-refractivity contribution >= 4 is 50.7 Å². The topological polar surface area (TPSA) is 0 Å². The first-order valence-electron chi connectivity index (χ1n) is 7.50. The molecule has 0 bridgehead atoms. The van der Waals surface area contributed by atoms with Crippen LogP contribution in [-0.2, 0) is 0 Å². The zero-order chi connectivity index (χ0) is 15.4. The summed E-state index contributed by atoms with van der Waals surface area (Å²) in [7, 11) is 0. The Balaban J connectivity index is 2.02. The number of thioether (sulfide) groups is 1. The summed E-state index contributed by atoms with van der Waals surface area (Å²) in [6.07, 6.45) is 6.95. The monoisotopic (exact) mass is 342 g/mol. The van der Waals surface area contributed by atoms with Gasteiger partial charge in [-0.3, -0.25) is 0 Å². The van der Waals surface area contributed by atoms with Crippen molar-refractivity contribution in [3.05, 3.63) is 62.9 Å². The van der Waals surface area contributed by atoms with Crippen LogP contribution in [0, 0.1) is 5.92 Å². The molecule has 2 atom stereocenters. The molecule has 22 heavy (non-hydrogen) atoms. The van der Waals surface area contributed by atoms with Crippen molar-refractivity contribution in [1.29, 1.82) is 0 Å². The van der Waals surface area contributed by atoms with E-state index in [1.54, 1.807) is 0 Å². The van der Waals surface area contributed by atoms with Gasteiger partial charge in [-0.05, 0) is 53.3 Å². The maximum Gasteiger partial charge on any atom is 0.0349 e. The molecule has 1 heterocycles. The summed E-state index contributed by atoms with van der Waals surface area (Å²) in [5.41, 5.74) is 5.54. The zero-order valence-electron chi connectivity index (χ0n) is 12.9. The number of thiol groups is 1. The van der Waals surface area contributed by atoms with Gasteiger partial charge in [-0.15, -0.1) is 35.7 Å². The lowest BCUT2D eigenvalue weighted by atomic mass is 9.72. The maximum absolute atomic E-state index is 4.96. The van der Waals surface area contributed by atoms with E-state index in [9.17, 15) is 0 Å². The highest BCUT2D eigenvalue weighted by Crippen LogP contribution is 2.51. The normalized spacial score (nSPS) is 24.0. The molecule has 2 aromatic rings. The highest BCUT2D eigenvalue weighted by molar-refractivity contribution is 8.02. The summed E-state index contributed by atoms with van der Waals surface area (Å²) in [4.78, 5) is 2.57. The van der Waals surface area contributed by atoms with E-state index >= 15 is 0 Å². The molecule has 3 heteroatoms. The molecule has 0 aliphatic heterocycles. The molecule has 112 valence electrons. The second kappa shape index (κ2) is 5.33. The Kier molecular flexibility index (Phi) is 3.55. The number of rotatable bonds is 1. The van der Waals surface area contributed by atoms with Gasteiger partial charge in [0.05, 0.1) is 0 Å². The van der Waals surface area contributed by atoms with E-state index < -0.39 is 0 Å². The molecule has 0 radical (unpaired) electrons. The van der Waals surface area contributed by atoms with Crippen LogP contribution in [0.5, 0.6) is 0 Å². The number of hydrogen-bond donors (Lipinski definition) is 1. The molecule has 0 saturated heterocycles. The van der Waals surface area contributed by atoms with Crippen LogP contribution in [0.15, 0.2) is 51.8 Å². The minimum atomic E-state index is 0.447. The third-order valence-electron chi connectivity index (χ3n) is 4.88. The van der Waals surface area contributed by atoms with E-state index in [1.807, 2.05) is 23.1 Å². The minimum Gasteiger partial charge on any atom is -0.144 e. The molecule has 1 aromatic heterocycles. The van der Waals surface area contributed by atoms with Gasteiger partial charge in [0.2, 0.25) is 0 Å². The van der Waals surface area contributed by atoms with Crippen LogP contribution in [0.4, 0.5) is 0 Å². The fourth-order valence-electron chi connectivity index (χ4n) is 3.70. The van der Waals surface area contributed by atoms with Crippen LogP contribution in [0.3, 0.4) is 0 Å². The van der Waals surface area contributed by atoms with Crippen molar-refractivity contribution in [2.24, 2.45) is 5.92 Å². The first-order chi connectivity index (χ1) is 10.6. The van der Waals surface area contributed by atoms with Crippen LogP contribution >= 0.6 is 35.7 Å². The van der Waals surface area contributed by atoms with Crippen LogP contribution in [0.25, 0.3) is 15.0 Å². The lowest BCUT2D eigenvalue weighted by molar-refractivity contribution is 0.615. The predicted molar refractivity (Wildman–Crippen MR) is 105 cm³/mol. The Hall–Kier alpha value is -0.900. The minimum absolute atomic E-state index is 0.447. The lowest BCUT2D eigenvalue weighted by Gasteiger charge is -2.35. The second-order valence-electron chi connectivity index (χ2n) is 6.04. The van der Waals surface area contributed by atoms with Crippen LogP contribution in [0.2, 0.25) is 0 Å². The molecule has 1 aromatic carbocycles. The fraction of sp³-hybridized carbons (Fsp3) is 0.263. The Morgan fingerprint density at radius 2 is 2.05 bits per heavy atom. The third kappa shape index (κ3) is 1.99. The Bertz CT molecular complexity index is 864. The van der Waals surface area contributed by atoms with Gasteiger partial charge in [-0.2, -0.15) is 0 Å². The Morgan fingerprint density at radius 3 is 2.82 bits per heavy atom. The SMILES string of the molecule is CSC1=CC2C(=C(S)c3c(ccc4sccc34)C2C)C=C1C. The smallest absolute Gasteiger partial charge is 0.0349 e. The molecule has 0 amide bonds. The number of benzene rings is 1. The molecule has 2 unspecified atom stereocenters. The van der Waals surface area contributed by atoms with E-state index in [2.05, 4.69) is 55.8 Å². The van der Waals surface area contributed by atoms with Crippen molar-refractivity contribution in [2.75, 3.05) is 6.26 Å². The fourth-order valence-corrected chi connectivity index (χ4v) is 5.62. The van der Waals surface area contributed by atoms with Gasteiger partial charge >= 0.3 is 0 Å². The van der Waals surface area contributed by atoms with Gasteiger partial charge in [0.25, 0.3) is 0 Å². The van der Waals surface area contributed by atoms with Gasteiger partial charge in [0.1, 0.15) is 0 Å². The molecule has 2 aliphatic carbocycles. The van der Waals surface area contributed by atoms with Crippen molar-refractivity contribution in [2.45, 2.75) is 19.8 Å². The number of thiophene rings is 1. The van der Waals surface area contributed by atoms with Gasteiger partial charge in [-0.1, -0.05) is 25.1 Å². The van der Waals surface area contributed by atoms with E-state index in [4.69, 9.17) is 12.6 Å². The summed E-state index contributed by atoms with van der Waals surface area (Å²) in [5, 5.41) is 3.54. The van der Waals surface area contributed by atoms with Crippen molar-refractivity contribution in [1.82, 2.24) is 0 Å². The highest BCUT2D eigenvalue weighted by Gasteiger charge is 2.33. The van der Waals surface area contributed by atoms with Gasteiger partial charge in [0.15, 0.2) is 0 Å². The number of fused-ring (bicyclic) bond motifs is 4. The summed E-state index contributed by atoms with van der Waals surface area (Å²) in [6.45, 7) is 4.56. The summed E-state index contributed by atoms with van der Waals surface area (Å²) < 4.78 is 1.36. The summed E-state index contributed by atoms with van der Waals surface area (Å²) in [6, 6.07) is 6.82. The van der Waals surface area contributed by atoms with Gasteiger partial charge in [0, 0.05) is 31.4 Å². The van der Waals surface area contributed by atoms with Crippen molar-refractivity contribution < 1.29 is 0 Å². The summed E-state index contributed by atoms with van der Waals surface area (Å²) >= 11 is 8.61. The molecule has 0 fully saturated rings. The quantitative estimate of drug-likeness (QED) is 0.578. The van der Waals surface area contributed by atoms with E-state index in [0.717, 1.165) is 4.91 Å². The Morgan fingerprint density at radius 1 is 1.23 bits per heavy atom. The number of allylic oxidation sites excluding steroid dienone is 4. The van der Waals surface area contributed by atoms with E-state index in [1.165, 1.54) is 37.3 Å². The molecular weight excluding hydrogens is 324 g/mol. The van der Waals surface area contributed by atoms with Gasteiger partial charge in [-0.25, -0.2) is 0 Å². The van der Waals surface area contributed by atoms with E-state index in [-0.39, 0.29) is 0 Å². The molecule has 0 saturated carbocycles. The lowest BCUT2D eigenvalue weighted by Crippen LogP contribution is -2.19. The maximum atomic E-state index is 4.96. The second-order valence-corrected chi connectivity index (χ2v) is 8.29. The molecule has 0 N–H and O–H groups in total. The van der Waals surface area contributed by atoms with Crippen LogP contribution in [-0.4, -0.2) is 6.26 Å². The largest absolute Gasteiger partial charge is 0.144 e. The van der Waals surface area contributed by atoms with Gasteiger partial charge < -0.3 is 0 Å². The molecule has 2 aliphatic rings.